The molecule has 0 aromatic carbocycles. The summed E-state index contributed by atoms with van der Waals surface area (Å²) in [6.45, 7) is 8.32. The van der Waals surface area contributed by atoms with Crippen LogP contribution in [0.2, 0.25) is 0 Å². The Hall–Kier alpha value is -0.290. The van der Waals surface area contributed by atoms with E-state index in [1.54, 1.807) is 0 Å². The smallest absolute Gasteiger partial charge is 0.303 e. The summed E-state index contributed by atoms with van der Waals surface area (Å²) >= 11 is 0. The van der Waals surface area contributed by atoms with Crippen LogP contribution in [0, 0.1) is 0 Å². The van der Waals surface area contributed by atoms with E-state index in [4.69, 9.17) is 0 Å². The van der Waals surface area contributed by atoms with Crippen molar-refractivity contribution in [1.82, 2.24) is 4.90 Å². The van der Waals surface area contributed by atoms with E-state index in [1.807, 2.05) is 20.8 Å². The highest BCUT2D eigenvalue weighted by atomic mass is 19.4. The third-order valence-electron chi connectivity index (χ3n) is 2.28. The van der Waals surface area contributed by atoms with Gasteiger partial charge >= 0.3 is 6.36 Å². The molecule has 15 heavy (non-hydrogen) atoms. The molecule has 0 aromatic rings. The normalized spacial score (nSPS) is 19.6. The van der Waals surface area contributed by atoms with E-state index in [9.17, 15) is 13.2 Å². The van der Waals surface area contributed by atoms with Crippen LogP contribution in [0.5, 0.6) is 0 Å². The second kappa shape index (κ2) is 7.06. The zero-order valence-electron chi connectivity index (χ0n) is 9.60. The molecule has 0 aliphatic carbocycles. The Morgan fingerprint density at radius 2 is 1.67 bits per heavy atom. The maximum absolute atomic E-state index is 11.8. The highest BCUT2D eigenvalue weighted by molar-refractivity contribution is 4.71. The predicted octanol–water partition coefficient (Wildman–Crippen LogP) is 3.03. The maximum atomic E-state index is 11.8. The van der Waals surface area contributed by atoms with Gasteiger partial charge < -0.3 is 4.90 Å². The van der Waals surface area contributed by atoms with E-state index in [2.05, 4.69) is 9.64 Å². The maximum Gasteiger partial charge on any atom is 0.522 e. The summed E-state index contributed by atoms with van der Waals surface area (Å²) in [5.41, 5.74) is 0. The topological polar surface area (TPSA) is 12.5 Å². The van der Waals surface area contributed by atoms with Crippen LogP contribution >= 0.6 is 0 Å². The summed E-state index contributed by atoms with van der Waals surface area (Å²) in [5.74, 6) is 0. The van der Waals surface area contributed by atoms with Crippen molar-refractivity contribution in [3.8, 4) is 0 Å². The predicted molar refractivity (Wildman–Crippen MR) is 53.6 cm³/mol. The van der Waals surface area contributed by atoms with Crippen LogP contribution in [0.15, 0.2) is 0 Å². The molecule has 0 N–H and O–H groups in total. The number of alkyl halides is 3. The minimum atomic E-state index is -4.47. The van der Waals surface area contributed by atoms with E-state index < -0.39 is 12.5 Å². The Kier molecular flexibility index (Phi) is 6.92. The third kappa shape index (κ3) is 6.73. The fourth-order valence-electron chi connectivity index (χ4n) is 1.53. The zero-order chi connectivity index (χ0) is 11.9. The molecule has 0 atom stereocenters. The van der Waals surface area contributed by atoms with Crippen molar-refractivity contribution in [2.45, 2.75) is 46.1 Å². The van der Waals surface area contributed by atoms with E-state index in [1.165, 1.54) is 0 Å². The largest absolute Gasteiger partial charge is 0.522 e. The van der Waals surface area contributed by atoms with Gasteiger partial charge in [0.2, 0.25) is 0 Å². The molecule has 0 saturated carbocycles. The average molecular weight is 227 g/mol. The van der Waals surface area contributed by atoms with Crippen LogP contribution in [-0.4, -0.2) is 37.0 Å². The van der Waals surface area contributed by atoms with Gasteiger partial charge in [0.1, 0.15) is 0 Å². The molecule has 1 rings (SSSR count). The molecule has 1 aliphatic rings. The molecular formula is C10H20F3NO. The molecule has 1 saturated heterocycles. The number of halogens is 3. The summed E-state index contributed by atoms with van der Waals surface area (Å²) in [4.78, 5) is 2.12. The lowest BCUT2D eigenvalue weighted by Crippen LogP contribution is -2.38. The summed E-state index contributed by atoms with van der Waals surface area (Å²) < 4.78 is 39.3. The fraction of sp³-hybridized carbons (Fsp3) is 1.00. The second-order valence-corrected chi connectivity index (χ2v) is 3.20. The van der Waals surface area contributed by atoms with E-state index in [0.29, 0.717) is 25.9 Å². The van der Waals surface area contributed by atoms with Crippen LogP contribution < -0.4 is 0 Å². The Morgan fingerprint density at radius 1 is 1.20 bits per heavy atom. The van der Waals surface area contributed by atoms with Crippen molar-refractivity contribution in [3.63, 3.8) is 0 Å². The summed E-state index contributed by atoms with van der Waals surface area (Å²) in [6, 6.07) is 0. The van der Waals surface area contributed by atoms with Crippen molar-refractivity contribution in [3.05, 3.63) is 0 Å². The van der Waals surface area contributed by atoms with Crippen molar-refractivity contribution < 1.29 is 17.9 Å². The lowest BCUT2D eigenvalue weighted by Gasteiger charge is -2.31. The van der Waals surface area contributed by atoms with Crippen LogP contribution in [0.1, 0.15) is 33.6 Å². The summed E-state index contributed by atoms with van der Waals surface area (Å²) in [5, 5.41) is 0. The third-order valence-corrected chi connectivity index (χ3v) is 2.28. The standard InChI is InChI=1S/C8H14F3NO.C2H6/c1-2-12-5-3-7(4-6-12)13-8(9,10)11;1-2/h7H,2-6H2,1H3;1-2H3. The first-order chi connectivity index (χ1) is 7.01. The van der Waals surface area contributed by atoms with Crippen molar-refractivity contribution in [1.29, 1.82) is 0 Å². The fourth-order valence-corrected chi connectivity index (χ4v) is 1.53. The van der Waals surface area contributed by atoms with Gasteiger partial charge in [-0.15, -0.1) is 13.2 Å². The minimum absolute atomic E-state index is 0.480. The zero-order valence-corrected chi connectivity index (χ0v) is 9.60. The molecule has 5 heteroatoms. The number of piperidine rings is 1. The lowest BCUT2D eigenvalue weighted by atomic mass is 10.1. The van der Waals surface area contributed by atoms with E-state index >= 15 is 0 Å². The number of rotatable bonds is 2. The Balaban J connectivity index is 0.000000921. The Morgan fingerprint density at radius 3 is 2.00 bits per heavy atom. The molecule has 92 valence electrons. The van der Waals surface area contributed by atoms with Gasteiger partial charge in [-0.2, -0.15) is 0 Å². The highest BCUT2D eigenvalue weighted by Crippen LogP contribution is 2.24. The van der Waals surface area contributed by atoms with Crippen LogP contribution in [-0.2, 0) is 4.74 Å². The highest BCUT2D eigenvalue weighted by Gasteiger charge is 2.34. The Labute approximate surface area is 89.4 Å². The van der Waals surface area contributed by atoms with Gasteiger partial charge in [-0.1, -0.05) is 20.8 Å². The number of hydrogen-bond acceptors (Lipinski definition) is 2. The van der Waals surface area contributed by atoms with Gasteiger partial charge in [0.05, 0.1) is 6.10 Å². The molecule has 1 aliphatic heterocycles. The molecule has 0 amide bonds. The molecule has 0 bridgehead atoms. The summed E-state index contributed by atoms with van der Waals surface area (Å²) in [6.07, 6.45) is -4.15. The minimum Gasteiger partial charge on any atom is -0.303 e. The first kappa shape index (κ1) is 14.7. The molecular weight excluding hydrogens is 207 g/mol. The molecule has 1 heterocycles. The average Bonchev–Trinajstić information content (AvgIpc) is 2.20. The molecule has 0 spiro atoms. The van der Waals surface area contributed by atoms with Crippen LogP contribution in [0.4, 0.5) is 13.2 Å². The summed E-state index contributed by atoms with van der Waals surface area (Å²) in [7, 11) is 0. The first-order valence-corrected chi connectivity index (χ1v) is 5.48. The van der Waals surface area contributed by atoms with Crippen LogP contribution in [0.25, 0.3) is 0 Å². The van der Waals surface area contributed by atoms with Crippen LogP contribution in [0.3, 0.4) is 0 Å². The lowest BCUT2D eigenvalue weighted by molar-refractivity contribution is -0.345. The van der Waals surface area contributed by atoms with Crippen molar-refractivity contribution >= 4 is 0 Å². The van der Waals surface area contributed by atoms with Gasteiger partial charge in [-0.3, -0.25) is 4.74 Å². The van der Waals surface area contributed by atoms with Crippen molar-refractivity contribution in [2.24, 2.45) is 0 Å². The quantitative estimate of drug-likeness (QED) is 0.719. The van der Waals surface area contributed by atoms with Gasteiger partial charge in [-0.05, 0) is 19.4 Å². The van der Waals surface area contributed by atoms with Gasteiger partial charge in [0.15, 0.2) is 0 Å². The monoisotopic (exact) mass is 227 g/mol. The van der Waals surface area contributed by atoms with Gasteiger partial charge in [0.25, 0.3) is 0 Å². The van der Waals surface area contributed by atoms with Crippen molar-refractivity contribution in [2.75, 3.05) is 19.6 Å². The Bertz CT molecular complexity index is 153. The van der Waals surface area contributed by atoms with Gasteiger partial charge in [0, 0.05) is 13.1 Å². The molecule has 0 radical (unpaired) electrons. The molecule has 0 unspecified atom stereocenters. The molecule has 0 aromatic heterocycles. The molecule has 2 nitrogen and oxygen atoms in total. The molecule has 1 fully saturated rings. The van der Waals surface area contributed by atoms with Gasteiger partial charge in [-0.25, -0.2) is 0 Å². The van der Waals surface area contributed by atoms with E-state index in [-0.39, 0.29) is 0 Å². The number of ether oxygens (including phenoxy) is 1. The SMILES string of the molecule is CC.CCN1CCC(OC(F)(F)F)CC1. The van der Waals surface area contributed by atoms with E-state index in [0.717, 1.165) is 6.54 Å². The number of hydrogen-bond donors (Lipinski definition) is 0. The number of likely N-dealkylation sites (tertiary alicyclic amines) is 1. The number of nitrogens with zero attached hydrogens (tertiary/aromatic N) is 1. The first-order valence-electron chi connectivity index (χ1n) is 5.48. The second-order valence-electron chi connectivity index (χ2n) is 3.20.